The topological polar surface area (TPSA) is 131 Å². The molecule has 1 N–H and O–H groups in total. The first-order valence-corrected chi connectivity index (χ1v) is 15.2. The fourth-order valence-corrected chi connectivity index (χ4v) is 5.33. The van der Waals surface area contributed by atoms with E-state index >= 15 is 0 Å². The monoisotopic (exact) mass is 609 g/mol. The normalized spacial score (nSPS) is 16.6. The van der Waals surface area contributed by atoms with Crippen LogP contribution in [0.2, 0.25) is 0 Å². The highest BCUT2D eigenvalue weighted by Crippen LogP contribution is 2.40. The third kappa shape index (κ3) is 7.27. The number of anilines is 1. The SMILES string of the molecule is COc1cccc(Oc2c(NS(=O)(=O)c3ccc(C(C)(C)C)cc3)nc(-c3ccco3)nc2OCC2COC(C)(C)O2)c1. The van der Waals surface area contributed by atoms with E-state index in [0.717, 1.165) is 5.56 Å². The molecule has 0 saturated carbocycles. The van der Waals surface area contributed by atoms with E-state index in [1.165, 1.54) is 13.4 Å². The van der Waals surface area contributed by atoms with E-state index in [0.29, 0.717) is 23.9 Å². The lowest BCUT2D eigenvalue weighted by molar-refractivity contribution is -0.141. The van der Waals surface area contributed by atoms with Gasteiger partial charge < -0.3 is 28.1 Å². The fourth-order valence-electron chi connectivity index (χ4n) is 4.32. The summed E-state index contributed by atoms with van der Waals surface area (Å²) in [6.07, 6.45) is 1.06. The molecule has 4 aromatic rings. The number of methoxy groups -OCH3 is 1. The summed E-state index contributed by atoms with van der Waals surface area (Å²) in [7, 11) is -2.60. The average Bonchev–Trinajstić information content (AvgIpc) is 3.62. The predicted molar refractivity (Wildman–Crippen MR) is 159 cm³/mol. The Bertz CT molecular complexity index is 1660. The highest BCUT2D eigenvalue weighted by molar-refractivity contribution is 7.92. The summed E-state index contributed by atoms with van der Waals surface area (Å²) < 4.78 is 64.6. The Labute approximate surface area is 251 Å². The molecule has 3 heterocycles. The smallest absolute Gasteiger partial charge is 0.264 e. The first kappa shape index (κ1) is 30.3. The van der Waals surface area contributed by atoms with Crippen molar-refractivity contribution in [2.24, 2.45) is 0 Å². The van der Waals surface area contributed by atoms with Gasteiger partial charge in [-0.2, -0.15) is 4.98 Å². The summed E-state index contributed by atoms with van der Waals surface area (Å²) in [5.41, 5.74) is 0.848. The Morgan fingerprint density at radius 1 is 1.02 bits per heavy atom. The molecule has 43 heavy (non-hydrogen) atoms. The number of nitrogens with zero attached hydrogens (tertiary/aromatic N) is 2. The fraction of sp³-hybridized carbons (Fsp3) is 0.355. The standard InChI is InChI=1S/C31H35N3O8S/c1-30(2,3)20-12-14-24(15-13-20)43(35,36)34-28-26(41-22-10-7-9-21(17-22)37-6)29(33-27(32-28)25-11-8-16-38-25)39-18-23-19-40-31(4,5)42-23/h7-17,23H,18-19H2,1-6H3,(H,32,33,34). The molecule has 0 radical (unpaired) electrons. The number of ether oxygens (including phenoxy) is 5. The van der Waals surface area contributed by atoms with E-state index < -0.39 is 21.9 Å². The zero-order chi connectivity index (χ0) is 30.8. The average molecular weight is 610 g/mol. The minimum Gasteiger partial charge on any atom is -0.497 e. The number of sulfonamides is 1. The van der Waals surface area contributed by atoms with Crippen molar-refractivity contribution in [2.75, 3.05) is 25.0 Å². The molecule has 2 aromatic heterocycles. The zero-order valence-electron chi connectivity index (χ0n) is 24.9. The van der Waals surface area contributed by atoms with Crippen LogP contribution in [0.4, 0.5) is 5.82 Å². The van der Waals surface area contributed by atoms with Crippen molar-refractivity contribution < 1.29 is 36.5 Å². The lowest BCUT2D eigenvalue weighted by Gasteiger charge is -2.20. The van der Waals surface area contributed by atoms with Crippen molar-refractivity contribution in [3.63, 3.8) is 0 Å². The largest absolute Gasteiger partial charge is 0.497 e. The number of rotatable bonds is 10. The second-order valence-corrected chi connectivity index (χ2v) is 13.1. The Hall–Kier alpha value is -4.13. The number of hydrogen-bond acceptors (Lipinski definition) is 10. The molecule has 1 saturated heterocycles. The van der Waals surface area contributed by atoms with Gasteiger partial charge in [-0.05, 0) is 61.2 Å². The van der Waals surface area contributed by atoms with Crippen LogP contribution in [0, 0.1) is 0 Å². The van der Waals surface area contributed by atoms with Crippen LogP contribution in [0.5, 0.6) is 23.1 Å². The van der Waals surface area contributed by atoms with Crippen LogP contribution in [-0.4, -0.2) is 50.6 Å². The lowest BCUT2D eigenvalue weighted by atomic mass is 9.87. The van der Waals surface area contributed by atoms with E-state index in [1.807, 2.05) is 13.8 Å². The quantitative estimate of drug-likeness (QED) is 0.223. The molecular weight excluding hydrogens is 574 g/mol. The van der Waals surface area contributed by atoms with Gasteiger partial charge in [0.1, 0.15) is 24.2 Å². The summed E-state index contributed by atoms with van der Waals surface area (Å²) in [4.78, 5) is 9.08. The minimum absolute atomic E-state index is 0.0293. The predicted octanol–water partition coefficient (Wildman–Crippen LogP) is 6.17. The van der Waals surface area contributed by atoms with Gasteiger partial charge in [0.15, 0.2) is 17.4 Å². The molecule has 0 spiro atoms. The molecule has 2 aromatic carbocycles. The van der Waals surface area contributed by atoms with Crippen molar-refractivity contribution in [1.29, 1.82) is 0 Å². The third-order valence-corrected chi connectivity index (χ3v) is 7.93. The van der Waals surface area contributed by atoms with E-state index in [4.69, 9.17) is 28.1 Å². The first-order chi connectivity index (χ1) is 20.3. The van der Waals surface area contributed by atoms with E-state index in [2.05, 4.69) is 35.5 Å². The summed E-state index contributed by atoms with van der Waals surface area (Å²) in [5, 5.41) is 0. The van der Waals surface area contributed by atoms with Crippen LogP contribution in [0.15, 0.2) is 76.2 Å². The Balaban J connectivity index is 1.57. The van der Waals surface area contributed by atoms with Gasteiger partial charge in [0, 0.05) is 6.07 Å². The summed E-state index contributed by atoms with van der Waals surface area (Å²) >= 11 is 0. The molecule has 1 aliphatic rings. The van der Waals surface area contributed by atoms with Crippen LogP contribution in [-0.2, 0) is 24.9 Å². The highest BCUT2D eigenvalue weighted by atomic mass is 32.2. The molecule has 1 aliphatic heterocycles. The van der Waals surface area contributed by atoms with Crippen LogP contribution >= 0.6 is 0 Å². The van der Waals surface area contributed by atoms with Gasteiger partial charge in [-0.3, -0.25) is 4.72 Å². The number of hydrogen-bond donors (Lipinski definition) is 1. The maximum atomic E-state index is 13.7. The molecule has 11 nitrogen and oxygen atoms in total. The summed E-state index contributed by atoms with van der Waals surface area (Å²) in [6.45, 7) is 10.1. The van der Waals surface area contributed by atoms with Crippen molar-refractivity contribution in [2.45, 2.75) is 56.8 Å². The highest BCUT2D eigenvalue weighted by Gasteiger charge is 2.34. The van der Waals surface area contributed by atoms with Gasteiger partial charge in [-0.1, -0.05) is 39.0 Å². The molecule has 0 aliphatic carbocycles. The minimum atomic E-state index is -4.13. The summed E-state index contributed by atoms with van der Waals surface area (Å²) in [6, 6.07) is 16.8. The Morgan fingerprint density at radius 3 is 2.40 bits per heavy atom. The number of nitrogens with one attached hydrogen (secondary N) is 1. The van der Waals surface area contributed by atoms with Crippen LogP contribution in [0.3, 0.4) is 0 Å². The van der Waals surface area contributed by atoms with Gasteiger partial charge in [-0.25, -0.2) is 13.4 Å². The van der Waals surface area contributed by atoms with Gasteiger partial charge in [-0.15, -0.1) is 0 Å². The van der Waals surface area contributed by atoms with Crippen molar-refractivity contribution >= 4 is 15.8 Å². The van der Waals surface area contributed by atoms with E-state index in [1.54, 1.807) is 60.7 Å². The van der Waals surface area contributed by atoms with Crippen molar-refractivity contribution in [3.8, 4) is 34.7 Å². The van der Waals surface area contributed by atoms with Gasteiger partial charge in [0.05, 0.1) is 24.9 Å². The maximum absolute atomic E-state index is 13.7. The van der Waals surface area contributed by atoms with Crippen LogP contribution < -0.4 is 18.9 Å². The third-order valence-electron chi connectivity index (χ3n) is 6.57. The molecule has 5 rings (SSSR count). The van der Waals surface area contributed by atoms with E-state index in [9.17, 15) is 8.42 Å². The number of aromatic nitrogens is 2. The zero-order valence-corrected chi connectivity index (χ0v) is 25.7. The van der Waals surface area contributed by atoms with Crippen molar-refractivity contribution in [3.05, 3.63) is 72.5 Å². The van der Waals surface area contributed by atoms with Gasteiger partial charge in [0.2, 0.25) is 11.6 Å². The molecule has 12 heteroatoms. The molecule has 0 bridgehead atoms. The Morgan fingerprint density at radius 2 is 1.77 bits per heavy atom. The van der Waals surface area contributed by atoms with Gasteiger partial charge >= 0.3 is 0 Å². The molecule has 1 fully saturated rings. The Kier molecular flexibility index (Phi) is 8.37. The summed E-state index contributed by atoms with van der Waals surface area (Å²) in [5.74, 6) is 0.264. The molecule has 1 unspecified atom stereocenters. The van der Waals surface area contributed by atoms with Gasteiger partial charge in [0.25, 0.3) is 15.9 Å². The number of benzene rings is 2. The van der Waals surface area contributed by atoms with Crippen LogP contribution in [0.1, 0.15) is 40.2 Å². The molecule has 1 atom stereocenters. The van der Waals surface area contributed by atoms with Crippen molar-refractivity contribution in [1.82, 2.24) is 9.97 Å². The maximum Gasteiger partial charge on any atom is 0.264 e. The first-order valence-electron chi connectivity index (χ1n) is 13.7. The lowest BCUT2D eigenvalue weighted by Crippen LogP contribution is -2.25. The van der Waals surface area contributed by atoms with E-state index in [-0.39, 0.29) is 40.2 Å². The molecule has 0 amide bonds. The van der Waals surface area contributed by atoms with Crippen LogP contribution in [0.25, 0.3) is 11.6 Å². The molecule has 228 valence electrons. The number of furan rings is 1. The second-order valence-electron chi connectivity index (χ2n) is 11.4. The second kappa shape index (κ2) is 11.9. The molecular formula is C31H35N3O8S.